The number of hydrogen-bond acceptors (Lipinski definition) is 3. The molecule has 112 valence electrons. The molecule has 0 atom stereocenters. The first kappa shape index (κ1) is 13.9. The van der Waals surface area contributed by atoms with E-state index in [4.69, 9.17) is 4.74 Å². The third-order valence-electron chi connectivity index (χ3n) is 3.73. The number of ether oxygens (including phenoxy) is 1. The van der Waals surface area contributed by atoms with E-state index in [9.17, 15) is 9.59 Å². The van der Waals surface area contributed by atoms with Crippen LogP contribution in [-0.4, -0.2) is 40.4 Å². The van der Waals surface area contributed by atoms with Crippen molar-refractivity contribution in [3.63, 3.8) is 0 Å². The Morgan fingerprint density at radius 3 is 2.62 bits per heavy atom. The van der Waals surface area contributed by atoms with Gasteiger partial charge in [0.2, 0.25) is 0 Å². The number of carbonyl (C=O) groups is 2. The number of urea groups is 1. The largest absolute Gasteiger partial charge is 0.491 e. The lowest BCUT2D eigenvalue weighted by Crippen LogP contribution is -2.33. The highest BCUT2D eigenvalue weighted by molar-refractivity contribution is 6.02. The Bertz CT molecular complexity index is 566. The summed E-state index contributed by atoms with van der Waals surface area (Å²) < 4.78 is 5.75. The van der Waals surface area contributed by atoms with Crippen LogP contribution in [0.15, 0.2) is 24.3 Å². The number of carbonyl (C=O) groups excluding carboxylic acids is 2. The molecular weight excluding hydrogens is 268 g/mol. The van der Waals surface area contributed by atoms with Crippen LogP contribution in [0.25, 0.3) is 0 Å². The lowest BCUT2D eigenvalue weighted by molar-refractivity contribution is -0.125. The SMILES string of the molecule is CC(C)Oc1ccccc1CN1C(=O)CN(C2CC2)C1=O. The molecule has 1 heterocycles. The van der Waals surface area contributed by atoms with E-state index in [1.54, 1.807) is 4.90 Å². The fourth-order valence-corrected chi connectivity index (χ4v) is 2.56. The summed E-state index contributed by atoms with van der Waals surface area (Å²) in [5, 5.41) is 0. The molecule has 1 saturated heterocycles. The molecular formula is C16H20N2O3. The third-order valence-corrected chi connectivity index (χ3v) is 3.73. The molecule has 5 nitrogen and oxygen atoms in total. The highest BCUT2D eigenvalue weighted by Crippen LogP contribution is 2.31. The molecule has 0 bridgehead atoms. The third kappa shape index (κ3) is 2.86. The van der Waals surface area contributed by atoms with Crippen LogP contribution in [0.5, 0.6) is 5.75 Å². The zero-order chi connectivity index (χ0) is 15.0. The zero-order valence-corrected chi connectivity index (χ0v) is 12.4. The minimum absolute atomic E-state index is 0.0547. The van der Waals surface area contributed by atoms with Gasteiger partial charge in [-0.05, 0) is 32.8 Å². The summed E-state index contributed by atoms with van der Waals surface area (Å²) in [6.07, 6.45) is 2.08. The summed E-state index contributed by atoms with van der Waals surface area (Å²) in [6, 6.07) is 7.67. The van der Waals surface area contributed by atoms with Gasteiger partial charge in [0, 0.05) is 11.6 Å². The predicted octanol–water partition coefficient (Wildman–Crippen LogP) is 2.40. The zero-order valence-electron chi connectivity index (χ0n) is 12.4. The molecule has 3 rings (SSSR count). The molecule has 21 heavy (non-hydrogen) atoms. The van der Waals surface area contributed by atoms with Crippen molar-refractivity contribution < 1.29 is 14.3 Å². The van der Waals surface area contributed by atoms with Gasteiger partial charge in [-0.15, -0.1) is 0 Å². The van der Waals surface area contributed by atoms with Gasteiger partial charge in [-0.3, -0.25) is 9.69 Å². The van der Waals surface area contributed by atoms with Gasteiger partial charge in [0.25, 0.3) is 5.91 Å². The van der Waals surface area contributed by atoms with Gasteiger partial charge in [-0.25, -0.2) is 4.79 Å². The van der Waals surface area contributed by atoms with Crippen molar-refractivity contribution in [2.75, 3.05) is 6.54 Å². The number of amides is 3. The predicted molar refractivity (Wildman–Crippen MR) is 77.9 cm³/mol. The summed E-state index contributed by atoms with van der Waals surface area (Å²) in [5.74, 6) is 0.615. The minimum atomic E-state index is -0.165. The molecule has 0 unspecified atom stereocenters. The van der Waals surface area contributed by atoms with Crippen molar-refractivity contribution in [1.82, 2.24) is 9.80 Å². The highest BCUT2D eigenvalue weighted by Gasteiger charge is 2.43. The van der Waals surface area contributed by atoms with E-state index in [2.05, 4.69) is 0 Å². The first-order valence-electron chi connectivity index (χ1n) is 7.42. The van der Waals surface area contributed by atoms with Gasteiger partial charge in [-0.1, -0.05) is 18.2 Å². The molecule has 0 spiro atoms. The van der Waals surface area contributed by atoms with Gasteiger partial charge >= 0.3 is 6.03 Å². The second kappa shape index (κ2) is 5.39. The van der Waals surface area contributed by atoms with Gasteiger partial charge < -0.3 is 9.64 Å². The number of nitrogens with zero attached hydrogens (tertiary/aromatic N) is 2. The monoisotopic (exact) mass is 288 g/mol. The van der Waals surface area contributed by atoms with Crippen molar-refractivity contribution in [3.05, 3.63) is 29.8 Å². The molecule has 5 heteroatoms. The van der Waals surface area contributed by atoms with Crippen LogP contribution in [0.3, 0.4) is 0 Å². The topological polar surface area (TPSA) is 49.9 Å². The van der Waals surface area contributed by atoms with Crippen LogP contribution >= 0.6 is 0 Å². The first-order chi connectivity index (χ1) is 10.1. The van der Waals surface area contributed by atoms with Crippen LogP contribution < -0.4 is 4.74 Å². The fourth-order valence-electron chi connectivity index (χ4n) is 2.56. The number of hydrogen-bond donors (Lipinski definition) is 0. The highest BCUT2D eigenvalue weighted by atomic mass is 16.5. The summed E-state index contributed by atoms with van der Waals surface area (Å²) in [7, 11) is 0. The molecule has 0 N–H and O–H groups in total. The number of imide groups is 1. The van der Waals surface area contributed by atoms with Crippen LogP contribution in [0, 0.1) is 0 Å². The molecule has 0 radical (unpaired) electrons. The Balaban J connectivity index is 1.77. The second-order valence-electron chi connectivity index (χ2n) is 5.90. The van der Waals surface area contributed by atoms with Gasteiger partial charge in [0.1, 0.15) is 12.3 Å². The molecule has 1 aliphatic heterocycles. The molecule has 1 aliphatic carbocycles. The summed E-state index contributed by atoms with van der Waals surface area (Å²) in [4.78, 5) is 27.4. The summed E-state index contributed by atoms with van der Waals surface area (Å²) in [5.41, 5.74) is 0.866. The lowest BCUT2D eigenvalue weighted by Gasteiger charge is -2.19. The number of rotatable bonds is 5. The van der Waals surface area contributed by atoms with Crippen LogP contribution in [0.4, 0.5) is 4.79 Å². The quantitative estimate of drug-likeness (QED) is 0.782. The van der Waals surface area contributed by atoms with Crippen molar-refractivity contribution in [1.29, 1.82) is 0 Å². The van der Waals surface area contributed by atoms with Crippen LogP contribution in [0.2, 0.25) is 0 Å². The van der Waals surface area contributed by atoms with Crippen molar-refractivity contribution in [3.8, 4) is 5.75 Å². The first-order valence-corrected chi connectivity index (χ1v) is 7.42. The lowest BCUT2D eigenvalue weighted by atomic mass is 10.2. The van der Waals surface area contributed by atoms with E-state index in [-0.39, 0.29) is 37.2 Å². The average molecular weight is 288 g/mol. The van der Waals surface area contributed by atoms with Gasteiger partial charge in [0.05, 0.1) is 12.6 Å². The normalized spacial score (nSPS) is 18.8. The second-order valence-corrected chi connectivity index (χ2v) is 5.90. The summed E-state index contributed by atoms with van der Waals surface area (Å²) >= 11 is 0. The van der Waals surface area contributed by atoms with Gasteiger partial charge in [-0.2, -0.15) is 0 Å². The van der Waals surface area contributed by atoms with E-state index in [1.165, 1.54) is 4.90 Å². The Labute approximate surface area is 124 Å². The molecule has 2 aliphatic rings. The Hall–Kier alpha value is -2.04. The van der Waals surface area contributed by atoms with E-state index >= 15 is 0 Å². The van der Waals surface area contributed by atoms with Crippen molar-refractivity contribution in [2.45, 2.75) is 45.4 Å². The van der Waals surface area contributed by atoms with Crippen LogP contribution in [0.1, 0.15) is 32.3 Å². The average Bonchev–Trinajstić information content (AvgIpc) is 3.23. The van der Waals surface area contributed by atoms with E-state index in [0.717, 1.165) is 24.2 Å². The molecule has 1 saturated carbocycles. The van der Waals surface area contributed by atoms with Crippen LogP contribution in [-0.2, 0) is 11.3 Å². The maximum atomic E-state index is 12.3. The van der Waals surface area contributed by atoms with Crippen molar-refractivity contribution in [2.24, 2.45) is 0 Å². The summed E-state index contributed by atoms with van der Waals surface area (Å²) in [6.45, 7) is 4.41. The maximum absolute atomic E-state index is 12.3. The standard InChI is InChI=1S/C16H20N2O3/c1-11(2)21-14-6-4-3-5-12(14)9-18-15(19)10-17(16(18)20)13-7-8-13/h3-6,11,13H,7-10H2,1-2H3. The molecule has 2 fully saturated rings. The van der Waals surface area contributed by atoms with E-state index < -0.39 is 0 Å². The number of benzene rings is 1. The van der Waals surface area contributed by atoms with Gasteiger partial charge in [0.15, 0.2) is 0 Å². The molecule has 1 aromatic carbocycles. The molecule has 1 aromatic rings. The Morgan fingerprint density at radius 1 is 1.24 bits per heavy atom. The van der Waals surface area contributed by atoms with E-state index in [1.807, 2.05) is 38.1 Å². The Morgan fingerprint density at radius 2 is 1.95 bits per heavy atom. The minimum Gasteiger partial charge on any atom is -0.491 e. The molecule has 0 aromatic heterocycles. The van der Waals surface area contributed by atoms with Crippen molar-refractivity contribution >= 4 is 11.9 Å². The Kier molecular flexibility index (Phi) is 3.57. The fraction of sp³-hybridized carbons (Fsp3) is 0.500. The number of para-hydroxylation sites is 1. The van der Waals surface area contributed by atoms with E-state index in [0.29, 0.717) is 0 Å². The smallest absolute Gasteiger partial charge is 0.327 e. The maximum Gasteiger partial charge on any atom is 0.327 e. The molecule has 3 amide bonds.